The highest BCUT2D eigenvalue weighted by molar-refractivity contribution is 5.77. The summed E-state index contributed by atoms with van der Waals surface area (Å²) < 4.78 is 5.70. The van der Waals surface area contributed by atoms with Crippen molar-refractivity contribution in [2.45, 2.75) is 51.2 Å². The van der Waals surface area contributed by atoms with E-state index in [-0.39, 0.29) is 12.0 Å². The molecule has 0 spiro atoms. The van der Waals surface area contributed by atoms with Crippen LogP contribution in [0.1, 0.15) is 43.2 Å². The standard InChI is InChI=1S/C17H24N2O2/c18-16-6-3-4-13-9-10-19(12-15(13)16)17(20)8-7-14-5-1-2-11-21-14/h3-4,6,14H,1-2,5,7-12,18H2. The summed E-state index contributed by atoms with van der Waals surface area (Å²) in [4.78, 5) is 14.3. The number of benzene rings is 1. The van der Waals surface area contributed by atoms with Crippen LogP contribution in [0, 0.1) is 0 Å². The van der Waals surface area contributed by atoms with Gasteiger partial charge in [0.15, 0.2) is 0 Å². The number of hydrogen-bond donors (Lipinski definition) is 1. The van der Waals surface area contributed by atoms with Gasteiger partial charge in [-0.2, -0.15) is 0 Å². The number of carbonyl (C=O) groups excluding carboxylic acids is 1. The summed E-state index contributed by atoms with van der Waals surface area (Å²) in [6.07, 6.45) is 6.12. The molecule has 2 heterocycles. The molecule has 1 unspecified atom stereocenters. The molecule has 0 radical (unpaired) electrons. The van der Waals surface area contributed by atoms with Gasteiger partial charge >= 0.3 is 0 Å². The number of anilines is 1. The van der Waals surface area contributed by atoms with Crippen LogP contribution in [0.15, 0.2) is 18.2 Å². The fourth-order valence-corrected chi connectivity index (χ4v) is 3.30. The summed E-state index contributed by atoms with van der Waals surface area (Å²) in [7, 11) is 0. The van der Waals surface area contributed by atoms with Crippen molar-refractivity contribution < 1.29 is 9.53 Å². The van der Waals surface area contributed by atoms with Gasteiger partial charge in [-0.25, -0.2) is 0 Å². The molecule has 0 bridgehead atoms. The van der Waals surface area contributed by atoms with Crippen LogP contribution in [-0.2, 0) is 22.5 Å². The fourth-order valence-electron chi connectivity index (χ4n) is 3.30. The van der Waals surface area contributed by atoms with E-state index in [0.29, 0.717) is 13.0 Å². The van der Waals surface area contributed by atoms with Crippen molar-refractivity contribution >= 4 is 11.6 Å². The summed E-state index contributed by atoms with van der Waals surface area (Å²) in [5.41, 5.74) is 9.26. The second kappa shape index (κ2) is 6.48. The maximum Gasteiger partial charge on any atom is 0.222 e. The van der Waals surface area contributed by atoms with E-state index in [0.717, 1.165) is 50.1 Å². The predicted molar refractivity (Wildman–Crippen MR) is 82.8 cm³/mol. The first-order valence-corrected chi connectivity index (χ1v) is 7.99. The lowest BCUT2D eigenvalue weighted by molar-refractivity contribution is -0.133. The van der Waals surface area contributed by atoms with Gasteiger partial charge in [-0.15, -0.1) is 0 Å². The van der Waals surface area contributed by atoms with E-state index >= 15 is 0 Å². The van der Waals surface area contributed by atoms with Crippen molar-refractivity contribution in [1.82, 2.24) is 4.90 Å². The number of rotatable bonds is 3. The molecule has 2 aliphatic heterocycles. The van der Waals surface area contributed by atoms with Gasteiger partial charge in [0.2, 0.25) is 5.91 Å². The zero-order chi connectivity index (χ0) is 14.7. The van der Waals surface area contributed by atoms with E-state index in [4.69, 9.17) is 10.5 Å². The van der Waals surface area contributed by atoms with E-state index < -0.39 is 0 Å². The maximum atomic E-state index is 12.4. The Hall–Kier alpha value is -1.55. The number of carbonyl (C=O) groups is 1. The van der Waals surface area contributed by atoms with Crippen molar-refractivity contribution in [3.05, 3.63) is 29.3 Å². The summed E-state index contributed by atoms with van der Waals surface area (Å²) in [5, 5.41) is 0. The molecule has 3 rings (SSSR count). The van der Waals surface area contributed by atoms with Crippen LogP contribution in [0.5, 0.6) is 0 Å². The lowest BCUT2D eigenvalue weighted by Gasteiger charge is -2.30. The molecule has 114 valence electrons. The second-order valence-electron chi connectivity index (χ2n) is 6.08. The molecular weight excluding hydrogens is 264 g/mol. The molecule has 2 N–H and O–H groups in total. The molecule has 0 aromatic heterocycles. The van der Waals surface area contributed by atoms with Gasteiger partial charge in [-0.3, -0.25) is 4.79 Å². The maximum absolute atomic E-state index is 12.4. The Kier molecular flexibility index (Phi) is 4.44. The SMILES string of the molecule is Nc1cccc2c1CN(C(=O)CCC1CCCCO1)CC2. The van der Waals surface area contributed by atoms with Crippen LogP contribution < -0.4 is 5.73 Å². The van der Waals surface area contributed by atoms with E-state index in [9.17, 15) is 4.79 Å². The molecule has 0 aliphatic carbocycles. The number of hydrogen-bond acceptors (Lipinski definition) is 3. The van der Waals surface area contributed by atoms with Crippen molar-refractivity contribution in [3.8, 4) is 0 Å². The molecule has 21 heavy (non-hydrogen) atoms. The van der Waals surface area contributed by atoms with Crippen molar-refractivity contribution in [2.75, 3.05) is 18.9 Å². The van der Waals surface area contributed by atoms with Crippen LogP contribution in [-0.4, -0.2) is 30.1 Å². The Morgan fingerprint density at radius 3 is 3.10 bits per heavy atom. The molecule has 1 fully saturated rings. The number of nitrogens with zero attached hydrogens (tertiary/aromatic N) is 1. The Balaban J connectivity index is 1.55. The van der Waals surface area contributed by atoms with Gasteiger partial charge in [0, 0.05) is 31.8 Å². The number of fused-ring (bicyclic) bond motifs is 1. The molecule has 4 nitrogen and oxygen atoms in total. The molecule has 1 amide bonds. The smallest absolute Gasteiger partial charge is 0.222 e. The average Bonchev–Trinajstić information content (AvgIpc) is 2.54. The topological polar surface area (TPSA) is 55.6 Å². The van der Waals surface area contributed by atoms with Crippen molar-refractivity contribution in [1.29, 1.82) is 0 Å². The fraction of sp³-hybridized carbons (Fsp3) is 0.588. The summed E-state index contributed by atoms with van der Waals surface area (Å²) in [6.45, 7) is 2.32. The lowest BCUT2D eigenvalue weighted by atomic mass is 9.97. The Morgan fingerprint density at radius 1 is 1.38 bits per heavy atom. The molecule has 2 aliphatic rings. The highest BCUT2D eigenvalue weighted by Crippen LogP contribution is 2.25. The van der Waals surface area contributed by atoms with Gasteiger partial charge in [0.05, 0.1) is 6.10 Å². The van der Waals surface area contributed by atoms with E-state index in [1.807, 2.05) is 17.0 Å². The van der Waals surface area contributed by atoms with Gasteiger partial charge in [-0.05, 0) is 49.3 Å². The molecule has 0 saturated carbocycles. The van der Waals surface area contributed by atoms with Gasteiger partial charge in [-0.1, -0.05) is 12.1 Å². The Labute approximate surface area is 126 Å². The predicted octanol–water partition coefficient (Wildman–Crippen LogP) is 2.50. The molecule has 1 atom stereocenters. The van der Waals surface area contributed by atoms with E-state index in [1.165, 1.54) is 12.0 Å². The van der Waals surface area contributed by atoms with Gasteiger partial charge in [0.1, 0.15) is 0 Å². The minimum absolute atomic E-state index is 0.234. The van der Waals surface area contributed by atoms with Crippen LogP contribution in [0.3, 0.4) is 0 Å². The third kappa shape index (κ3) is 3.38. The highest BCUT2D eigenvalue weighted by atomic mass is 16.5. The third-order valence-electron chi connectivity index (χ3n) is 4.62. The summed E-state index contributed by atoms with van der Waals surface area (Å²) >= 11 is 0. The molecule has 1 aromatic rings. The minimum atomic E-state index is 0.234. The quantitative estimate of drug-likeness (QED) is 0.869. The zero-order valence-corrected chi connectivity index (χ0v) is 12.5. The molecule has 1 aromatic carbocycles. The lowest BCUT2D eigenvalue weighted by Crippen LogP contribution is -2.36. The first-order valence-electron chi connectivity index (χ1n) is 7.99. The van der Waals surface area contributed by atoms with E-state index in [2.05, 4.69) is 6.07 Å². The first kappa shape index (κ1) is 14.4. The van der Waals surface area contributed by atoms with Crippen molar-refractivity contribution in [2.24, 2.45) is 0 Å². The second-order valence-corrected chi connectivity index (χ2v) is 6.08. The van der Waals surface area contributed by atoms with Gasteiger partial charge in [0.25, 0.3) is 0 Å². The van der Waals surface area contributed by atoms with Crippen LogP contribution in [0.25, 0.3) is 0 Å². The molecule has 1 saturated heterocycles. The molecule has 4 heteroatoms. The number of nitrogen functional groups attached to an aromatic ring is 1. The Morgan fingerprint density at radius 2 is 2.29 bits per heavy atom. The minimum Gasteiger partial charge on any atom is -0.398 e. The number of amides is 1. The normalized spacial score (nSPS) is 21.9. The summed E-state index contributed by atoms with van der Waals surface area (Å²) in [6, 6.07) is 6.03. The van der Waals surface area contributed by atoms with Gasteiger partial charge < -0.3 is 15.4 Å². The number of nitrogens with two attached hydrogens (primary N) is 1. The van der Waals surface area contributed by atoms with E-state index in [1.54, 1.807) is 0 Å². The third-order valence-corrected chi connectivity index (χ3v) is 4.62. The van der Waals surface area contributed by atoms with Crippen LogP contribution in [0.4, 0.5) is 5.69 Å². The van der Waals surface area contributed by atoms with Crippen LogP contribution >= 0.6 is 0 Å². The summed E-state index contributed by atoms with van der Waals surface area (Å²) in [5.74, 6) is 0.234. The number of ether oxygens (including phenoxy) is 1. The van der Waals surface area contributed by atoms with Crippen LogP contribution in [0.2, 0.25) is 0 Å². The highest BCUT2D eigenvalue weighted by Gasteiger charge is 2.23. The largest absolute Gasteiger partial charge is 0.398 e. The van der Waals surface area contributed by atoms with Crippen molar-refractivity contribution in [3.63, 3.8) is 0 Å². The first-order chi connectivity index (χ1) is 10.2. The average molecular weight is 288 g/mol. The Bertz CT molecular complexity index is 510. The molecular formula is C17H24N2O2. The zero-order valence-electron chi connectivity index (χ0n) is 12.5. The monoisotopic (exact) mass is 288 g/mol.